The topological polar surface area (TPSA) is 32.3 Å². The van der Waals surface area contributed by atoms with Gasteiger partial charge in [0, 0.05) is 19.0 Å². The van der Waals surface area contributed by atoms with Crippen LogP contribution in [0.1, 0.15) is 52.4 Å². The van der Waals surface area contributed by atoms with Crippen LogP contribution in [0.15, 0.2) is 0 Å². The van der Waals surface area contributed by atoms with Crippen molar-refractivity contribution in [3.8, 4) is 0 Å². The molecule has 3 atom stereocenters. The SMILES string of the molecule is CCC(C)CC(=O)N1CCCC1C1CCCNC1. The molecule has 0 aromatic rings. The molecule has 0 aromatic carbocycles. The Balaban J connectivity index is 1.91. The number of amides is 1. The number of piperidine rings is 1. The van der Waals surface area contributed by atoms with Crippen LogP contribution in [-0.4, -0.2) is 36.5 Å². The highest BCUT2D eigenvalue weighted by molar-refractivity contribution is 5.77. The fourth-order valence-electron chi connectivity index (χ4n) is 3.36. The van der Waals surface area contributed by atoms with E-state index in [1.165, 1.54) is 25.7 Å². The Morgan fingerprint density at radius 2 is 2.22 bits per heavy atom. The second kappa shape index (κ2) is 6.55. The summed E-state index contributed by atoms with van der Waals surface area (Å²) >= 11 is 0. The largest absolute Gasteiger partial charge is 0.339 e. The molecule has 0 radical (unpaired) electrons. The van der Waals surface area contributed by atoms with Crippen LogP contribution < -0.4 is 5.32 Å². The molecule has 0 bridgehead atoms. The smallest absolute Gasteiger partial charge is 0.223 e. The van der Waals surface area contributed by atoms with Crippen LogP contribution >= 0.6 is 0 Å². The van der Waals surface area contributed by atoms with E-state index in [1.54, 1.807) is 0 Å². The van der Waals surface area contributed by atoms with Crippen molar-refractivity contribution in [1.82, 2.24) is 10.2 Å². The lowest BCUT2D eigenvalue weighted by molar-refractivity contribution is -0.134. The van der Waals surface area contributed by atoms with Gasteiger partial charge >= 0.3 is 0 Å². The minimum absolute atomic E-state index is 0.400. The second-order valence-corrected chi connectivity index (χ2v) is 6.12. The number of nitrogens with zero attached hydrogens (tertiary/aromatic N) is 1. The van der Waals surface area contributed by atoms with Crippen molar-refractivity contribution < 1.29 is 4.79 Å². The molecule has 3 nitrogen and oxygen atoms in total. The summed E-state index contributed by atoms with van der Waals surface area (Å²) in [4.78, 5) is 14.6. The molecule has 2 aliphatic rings. The minimum Gasteiger partial charge on any atom is -0.339 e. The normalized spacial score (nSPS) is 30.4. The summed E-state index contributed by atoms with van der Waals surface area (Å²) in [5.74, 6) is 1.63. The number of carbonyl (C=O) groups excluding carboxylic acids is 1. The summed E-state index contributed by atoms with van der Waals surface area (Å²) in [5, 5.41) is 3.49. The maximum absolute atomic E-state index is 12.4. The van der Waals surface area contributed by atoms with Gasteiger partial charge in [0.15, 0.2) is 0 Å². The van der Waals surface area contributed by atoms with Crippen molar-refractivity contribution >= 4 is 5.91 Å². The van der Waals surface area contributed by atoms with Crippen LogP contribution in [0.3, 0.4) is 0 Å². The van der Waals surface area contributed by atoms with Gasteiger partial charge in [0.1, 0.15) is 0 Å². The fourth-order valence-corrected chi connectivity index (χ4v) is 3.36. The zero-order valence-corrected chi connectivity index (χ0v) is 12.0. The van der Waals surface area contributed by atoms with Crippen molar-refractivity contribution in [1.29, 1.82) is 0 Å². The molecular weight excluding hydrogens is 224 g/mol. The minimum atomic E-state index is 0.400. The van der Waals surface area contributed by atoms with E-state index in [0.717, 1.165) is 32.5 Å². The Hall–Kier alpha value is -0.570. The number of likely N-dealkylation sites (tertiary alicyclic amines) is 1. The van der Waals surface area contributed by atoms with E-state index in [0.29, 0.717) is 23.8 Å². The van der Waals surface area contributed by atoms with Gasteiger partial charge in [0.2, 0.25) is 5.91 Å². The highest BCUT2D eigenvalue weighted by Gasteiger charge is 2.35. The van der Waals surface area contributed by atoms with Crippen molar-refractivity contribution in [2.45, 2.75) is 58.4 Å². The molecule has 2 fully saturated rings. The van der Waals surface area contributed by atoms with E-state index < -0.39 is 0 Å². The molecule has 2 heterocycles. The van der Waals surface area contributed by atoms with Gasteiger partial charge in [-0.15, -0.1) is 0 Å². The van der Waals surface area contributed by atoms with Gasteiger partial charge in [-0.1, -0.05) is 20.3 Å². The van der Waals surface area contributed by atoms with Gasteiger partial charge < -0.3 is 10.2 Å². The standard InChI is InChI=1S/C15H28N2O/c1-3-12(2)10-15(18)17-9-5-7-14(17)13-6-4-8-16-11-13/h12-14,16H,3-11H2,1-2H3. The van der Waals surface area contributed by atoms with Crippen molar-refractivity contribution in [2.24, 2.45) is 11.8 Å². The molecule has 1 N–H and O–H groups in total. The third-order valence-electron chi connectivity index (χ3n) is 4.72. The van der Waals surface area contributed by atoms with Crippen LogP contribution in [0.5, 0.6) is 0 Å². The third-order valence-corrected chi connectivity index (χ3v) is 4.72. The maximum atomic E-state index is 12.4. The summed E-state index contributed by atoms with van der Waals surface area (Å²) in [6.07, 6.45) is 6.84. The summed E-state index contributed by atoms with van der Waals surface area (Å²) in [7, 11) is 0. The van der Waals surface area contributed by atoms with Gasteiger partial charge in [-0.05, 0) is 50.6 Å². The highest BCUT2D eigenvalue weighted by Crippen LogP contribution is 2.29. The van der Waals surface area contributed by atoms with Crippen molar-refractivity contribution in [2.75, 3.05) is 19.6 Å². The predicted molar refractivity (Wildman–Crippen MR) is 74.4 cm³/mol. The van der Waals surface area contributed by atoms with Gasteiger partial charge in [-0.25, -0.2) is 0 Å². The predicted octanol–water partition coefficient (Wildman–Crippen LogP) is 2.41. The number of carbonyl (C=O) groups is 1. The molecule has 2 rings (SSSR count). The zero-order valence-electron chi connectivity index (χ0n) is 12.0. The average Bonchev–Trinajstić information content (AvgIpc) is 2.88. The Morgan fingerprint density at radius 3 is 2.89 bits per heavy atom. The van der Waals surface area contributed by atoms with E-state index in [4.69, 9.17) is 0 Å². The Kier molecular flexibility index (Phi) is 5.04. The molecule has 2 aliphatic heterocycles. The Bertz CT molecular complexity index is 274. The fraction of sp³-hybridized carbons (Fsp3) is 0.933. The molecular formula is C15H28N2O. The lowest BCUT2D eigenvalue weighted by Crippen LogP contribution is -2.45. The van der Waals surface area contributed by atoms with E-state index in [-0.39, 0.29) is 0 Å². The molecule has 1 amide bonds. The van der Waals surface area contributed by atoms with Gasteiger partial charge in [-0.3, -0.25) is 4.79 Å². The first-order valence-electron chi connectivity index (χ1n) is 7.72. The van der Waals surface area contributed by atoms with Crippen LogP contribution in [0.25, 0.3) is 0 Å². The average molecular weight is 252 g/mol. The van der Waals surface area contributed by atoms with Gasteiger partial charge in [-0.2, -0.15) is 0 Å². The van der Waals surface area contributed by atoms with E-state index in [1.807, 2.05) is 0 Å². The van der Waals surface area contributed by atoms with E-state index >= 15 is 0 Å². The van der Waals surface area contributed by atoms with Crippen LogP contribution in [-0.2, 0) is 4.79 Å². The molecule has 2 saturated heterocycles. The van der Waals surface area contributed by atoms with E-state index in [2.05, 4.69) is 24.1 Å². The summed E-state index contributed by atoms with van der Waals surface area (Å²) in [6, 6.07) is 0.523. The zero-order chi connectivity index (χ0) is 13.0. The molecule has 0 saturated carbocycles. The third kappa shape index (κ3) is 3.25. The molecule has 18 heavy (non-hydrogen) atoms. The Morgan fingerprint density at radius 1 is 1.39 bits per heavy atom. The van der Waals surface area contributed by atoms with Crippen molar-refractivity contribution in [3.05, 3.63) is 0 Å². The highest BCUT2D eigenvalue weighted by atomic mass is 16.2. The monoisotopic (exact) mass is 252 g/mol. The van der Waals surface area contributed by atoms with E-state index in [9.17, 15) is 4.79 Å². The van der Waals surface area contributed by atoms with Gasteiger partial charge in [0.25, 0.3) is 0 Å². The number of hydrogen-bond donors (Lipinski definition) is 1. The van der Waals surface area contributed by atoms with Crippen LogP contribution in [0.4, 0.5) is 0 Å². The molecule has 3 heteroatoms. The lowest BCUT2D eigenvalue weighted by atomic mass is 9.90. The van der Waals surface area contributed by atoms with Crippen LogP contribution in [0, 0.1) is 11.8 Å². The van der Waals surface area contributed by atoms with Crippen molar-refractivity contribution in [3.63, 3.8) is 0 Å². The quantitative estimate of drug-likeness (QED) is 0.833. The van der Waals surface area contributed by atoms with Gasteiger partial charge in [0.05, 0.1) is 0 Å². The first-order chi connectivity index (χ1) is 8.72. The lowest BCUT2D eigenvalue weighted by Gasteiger charge is -2.34. The second-order valence-electron chi connectivity index (χ2n) is 6.12. The number of rotatable bonds is 4. The number of nitrogens with one attached hydrogen (secondary N) is 1. The first kappa shape index (κ1) is 13.9. The molecule has 3 unspecified atom stereocenters. The maximum Gasteiger partial charge on any atom is 0.223 e. The molecule has 0 aliphatic carbocycles. The molecule has 0 spiro atoms. The number of hydrogen-bond acceptors (Lipinski definition) is 2. The summed E-state index contributed by atoms with van der Waals surface area (Å²) in [6.45, 7) is 7.62. The summed E-state index contributed by atoms with van der Waals surface area (Å²) in [5.41, 5.74) is 0. The summed E-state index contributed by atoms with van der Waals surface area (Å²) < 4.78 is 0. The first-order valence-corrected chi connectivity index (χ1v) is 7.72. The molecule has 0 aromatic heterocycles. The van der Waals surface area contributed by atoms with Crippen LogP contribution in [0.2, 0.25) is 0 Å². The molecule has 104 valence electrons. The Labute approximate surface area is 111 Å².